The lowest BCUT2D eigenvalue weighted by Gasteiger charge is -2.38. The highest BCUT2D eigenvalue weighted by Crippen LogP contribution is 2.19. The molecule has 0 amide bonds. The number of hydrazine groups is 1. The lowest BCUT2D eigenvalue weighted by atomic mass is 9.90. The van der Waals surface area contributed by atoms with Gasteiger partial charge in [0.25, 0.3) is 0 Å². The SMILES string of the molecule is CCCC(CN)CC(N)C(CCNCCCCNCCCN)N(N)C(N)CC(CN)CCC. The van der Waals surface area contributed by atoms with Gasteiger partial charge in [-0.05, 0) is 109 Å². The predicted molar refractivity (Wildman–Crippen MR) is 143 cm³/mol. The number of hydrogen-bond acceptors (Lipinski definition) is 9. The van der Waals surface area contributed by atoms with E-state index in [1.54, 1.807) is 0 Å². The summed E-state index contributed by atoms with van der Waals surface area (Å²) in [6, 6.07) is -0.0476. The molecule has 9 nitrogen and oxygen atoms in total. The van der Waals surface area contributed by atoms with Crippen LogP contribution >= 0.6 is 0 Å². The maximum atomic E-state index is 6.70. The average Bonchev–Trinajstić information content (AvgIpc) is 2.81. The van der Waals surface area contributed by atoms with Crippen molar-refractivity contribution < 1.29 is 0 Å². The van der Waals surface area contributed by atoms with E-state index in [1.165, 1.54) is 0 Å². The van der Waals surface area contributed by atoms with Crippen LogP contribution in [0.15, 0.2) is 0 Å². The second-order valence-electron chi connectivity index (χ2n) is 9.64. The Morgan fingerprint density at radius 2 is 1.21 bits per heavy atom. The Bertz CT molecular complexity index is 413. The predicted octanol–water partition coefficient (Wildman–Crippen LogP) is 0.371. The summed E-state index contributed by atoms with van der Waals surface area (Å²) >= 11 is 0. The molecule has 0 aromatic rings. The first kappa shape index (κ1) is 32.6. The highest BCUT2D eigenvalue weighted by atomic mass is 15.5. The van der Waals surface area contributed by atoms with Crippen molar-refractivity contribution in [2.45, 2.75) is 96.3 Å². The Morgan fingerprint density at radius 3 is 1.73 bits per heavy atom. The maximum absolute atomic E-state index is 6.70. The van der Waals surface area contributed by atoms with Gasteiger partial charge in [0.15, 0.2) is 0 Å². The van der Waals surface area contributed by atoms with Gasteiger partial charge < -0.3 is 39.3 Å². The molecule has 0 fully saturated rings. The Kier molecular flexibility index (Phi) is 21.9. The largest absolute Gasteiger partial charge is 0.330 e. The molecular weight excluding hydrogens is 414 g/mol. The zero-order valence-electron chi connectivity index (χ0n) is 21.8. The molecule has 33 heavy (non-hydrogen) atoms. The van der Waals surface area contributed by atoms with Crippen LogP contribution in [-0.4, -0.2) is 69.1 Å². The number of nitrogens with two attached hydrogens (primary N) is 6. The van der Waals surface area contributed by atoms with Crippen LogP contribution < -0.4 is 45.1 Å². The highest BCUT2D eigenvalue weighted by molar-refractivity contribution is 4.85. The van der Waals surface area contributed by atoms with Crippen LogP contribution in [-0.2, 0) is 0 Å². The summed E-state index contributed by atoms with van der Waals surface area (Å²) in [4.78, 5) is 0. The van der Waals surface area contributed by atoms with E-state index < -0.39 is 0 Å². The molecule has 0 aliphatic heterocycles. The fraction of sp³-hybridized carbons (Fsp3) is 1.00. The molecular formula is C24H59N9. The first-order valence-electron chi connectivity index (χ1n) is 13.5. The topological polar surface area (TPSA) is 183 Å². The van der Waals surface area contributed by atoms with Crippen molar-refractivity contribution in [1.29, 1.82) is 0 Å². The zero-order chi connectivity index (χ0) is 24.9. The molecule has 5 atom stereocenters. The lowest BCUT2D eigenvalue weighted by Crippen LogP contribution is -2.60. The number of nitrogens with one attached hydrogen (secondary N) is 2. The molecule has 0 bridgehead atoms. The molecule has 0 aromatic heterocycles. The Hall–Kier alpha value is -0.360. The van der Waals surface area contributed by atoms with E-state index in [4.69, 9.17) is 34.5 Å². The van der Waals surface area contributed by atoms with Gasteiger partial charge in [-0.2, -0.15) is 0 Å². The summed E-state index contributed by atoms with van der Waals surface area (Å²) < 4.78 is 0. The van der Waals surface area contributed by atoms with Crippen LogP contribution in [0.3, 0.4) is 0 Å². The second-order valence-corrected chi connectivity index (χ2v) is 9.64. The second kappa shape index (κ2) is 22.1. The molecule has 0 heterocycles. The van der Waals surface area contributed by atoms with Crippen molar-refractivity contribution in [2.24, 2.45) is 46.3 Å². The summed E-state index contributed by atoms with van der Waals surface area (Å²) in [5, 5.41) is 8.79. The molecule has 0 rings (SSSR count). The van der Waals surface area contributed by atoms with Crippen LogP contribution in [0.5, 0.6) is 0 Å². The van der Waals surface area contributed by atoms with Gasteiger partial charge in [0, 0.05) is 12.1 Å². The Balaban J connectivity index is 4.71. The summed E-state index contributed by atoms with van der Waals surface area (Å²) in [6.07, 6.45) is 10.00. The minimum absolute atomic E-state index is 0.0105. The molecule has 200 valence electrons. The van der Waals surface area contributed by atoms with Gasteiger partial charge >= 0.3 is 0 Å². The molecule has 9 heteroatoms. The van der Waals surface area contributed by atoms with Crippen LogP contribution in [0.1, 0.15) is 78.1 Å². The third kappa shape index (κ3) is 16.0. The van der Waals surface area contributed by atoms with Gasteiger partial charge in [0.2, 0.25) is 0 Å². The molecule has 0 aliphatic rings. The monoisotopic (exact) mass is 473 g/mol. The van der Waals surface area contributed by atoms with Crippen LogP contribution in [0.25, 0.3) is 0 Å². The smallest absolute Gasteiger partial charge is 0.0712 e. The van der Waals surface area contributed by atoms with E-state index in [0.717, 1.165) is 96.9 Å². The van der Waals surface area contributed by atoms with E-state index >= 15 is 0 Å². The van der Waals surface area contributed by atoms with Crippen molar-refractivity contribution in [3.63, 3.8) is 0 Å². The maximum Gasteiger partial charge on any atom is 0.0712 e. The number of hydrogen-bond donors (Lipinski definition) is 8. The average molecular weight is 474 g/mol. The van der Waals surface area contributed by atoms with Gasteiger partial charge in [-0.3, -0.25) is 5.84 Å². The van der Waals surface area contributed by atoms with Gasteiger partial charge in [-0.15, -0.1) is 0 Å². The van der Waals surface area contributed by atoms with E-state index in [0.29, 0.717) is 24.9 Å². The third-order valence-corrected chi connectivity index (χ3v) is 6.63. The van der Waals surface area contributed by atoms with Gasteiger partial charge in [-0.25, -0.2) is 5.01 Å². The van der Waals surface area contributed by atoms with Gasteiger partial charge in [0.1, 0.15) is 0 Å². The molecule has 0 radical (unpaired) electrons. The van der Waals surface area contributed by atoms with Crippen LogP contribution in [0.4, 0.5) is 0 Å². The quantitative estimate of drug-likeness (QED) is 0.0424. The molecule has 5 unspecified atom stereocenters. The van der Waals surface area contributed by atoms with E-state index in [1.807, 2.05) is 5.01 Å². The number of rotatable bonds is 24. The fourth-order valence-corrected chi connectivity index (χ4v) is 4.54. The summed E-state index contributed by atoms with van der Waals surface area (Å²) in [7, 11) is 0. The zero-order valence-corrected chi connectivity index (χ0v) is 21.8. The number of unbranched alkanes of at least 4 members (excludes halogenated alkanes) is 1. The molecule has 0 saturated carbocycles. The van der Waals surface area contributed by atoms with E-state index in [9.17, 15) is 0 Å². The molecule has 0 aromatic carbocycles. The van der Waals surface area contributed by atoms with Crippen molar-refractivity contribution in [2.75, 3.05) is 45.8 Å². The first-order chi connectivity index (χ1) is 15.9. The van der Waals surface area contributed by atoms with Crippen LogP contribution in [0, 0.1) is 11.8 Å². The minimum atomic E-state index is -0.247. The Morgan fingerprint density at radius 1 is 0.697 bits per heavy atom. The van der Waals surface area contributed by atoms with Gasteiger partial charge in [-0.1, -0.05) is 26.7 Å². The molecule has 0 spiro atoms. The fourth-order valence-electron chi connectivity index (χ4n) is 4.54. The van der Waals surface area contributed by atoms with E-state index in [-0.39, 0.29) is 18.2 Å². The minimum Gasteiger partial charge on any atom is -0.330 e. The molecule has 0 saturated heterocycles. The van der Waals surface area contributed by atoms with Gasteiger partial charge in [0.05, 0.1) is 6.17 Å². The van der Waals surface area contributed by atoms with Crippen molar-refractivity contribution in [3.05, 3.63) is 0 Å². The molecule has 0 aliphatic carbocycles. The van der Waals surface area contributed by atoms with Crippen LogP contribution in [0.2, 0.25) is 0 Å². The van der Waals surface area contributed by atoms with Crippen molar-refractivity contribution >= 4 is 0 Å². The highest BCUT2D eigenvalue weighted by Gasteiger charge is 2.29. The standard InChI is InChI=1S/C24H59N9/c1-3-8-20(18-26)16-22(28)23(33(30)24(29)17-21(19-27)9-4-2)10-15-32-13-6-5-12-31-14-7-11-25/h20-24,31-32H,3-19,25-30H2,1-2H3. The van der Waals surface area contributed by atoms with Crippen molar-refractivity contribution in [3.8, 4) is 0 Å². The Labute approximate surface area is 204 Å². The summed E-state index contributed by atoms with van der Waals surface area (Å²) in [5.41, 5.74) is 30.7. The van der Waals surface area contributed by atoms with E-state index in [2.05, 4.69) is 24.5 Å². The van der Waals surface area contributed by atoms with Crippen molar-refractivity contribution in [1.82, 2.24) is 15.6 Å². The molecule has 14 N–H and O–H groups in total. The number of nitrogens with zero attached hydrogens (tertiary/aromatic N) is 1. The summed E-state index contributed by atoms with van der Waals surface area (Å²) in [5.74, 6) is 7.40. The lowest BCUT2D eigenvalue weighted by molar-refractivity contribution is 0.0868. The normalized spacial score (nSPS) is 16.6. The summed E-state index contributed by atoms with van der Waals surface area (Å²) in [6.45, 7) is 10.3. The first-order valence-corrected chi connectivity index (χ1v) is 13.5. The third-order valence-electron chi connectivity index (χ3n) is 6.63.